The highest BCUT2D eigenvalue weighted by atomic mass is 79.9. The van der Waals surface area contributed by atoms with Crippen molar-refractivity contribution in [3.8, 4) is 11.3 Å². The smallest absolute Gasteiger partial charge is 0.169 e. The predicted molar refractivity (Wildman–Crippen MR) is 61.0 cm³/mol. The molecule has 2 rings (SSSR count). The average Bonchev–Trinajstić information content (AvgIpc) is 2.56. The minimum Gasteiger partial charge on any atom is -0.449 e. The second-order valence-corrected chi connectivity index (χ2v) is 3.98. The lowest BCUT2D eigenvalue weighted by atomic mass is 10.1. The Labute approximate surface area is 90.9 Å². The molecule has 0 bridgehead atoms. The van der Waals surface area contributed by atoms with E-state index in [1.54, 1.807) is 0 Å². The highest BCUT2D eigenvalue weighted by Crippen LogP contribution is 2.30. The molecule has 0 saturated carbocycles. The number of nitrogen functional groups attached to an aromatic ring is 1. The molecule has 2 nitrogen and oxygen atoms in total. The number of benzene rings is 1. The van der Waals surface area contributed by atoms with Crippen LogP contribution in [0.3, 0.4) is 0 Å². The molecular formula is C11H10BrNO. The minimum atomic E-state index is 0.716. The number of hydrogen-bond donors (Lipinski definition) is 1. The number of anilines is 1. The molecule has 2 aromatic rings. The largest absolute Gasteiger partial charge is 0.449 e. The maximum absolute atomic E-state index is 5.86. The van der Waals surface area contributed by atoms with Gasteiger partial charge in [0.05, 0.1) is 0 Å². The van der Waals surface area contributed by atoms with Crippen molar-refractivity contribution in [2.45, 2.75) is 6.92 Å². The Hall–Kier alpha value is -1.22. The lowest BCUT2D eigenvalue weighted by molar-refractivity contribution is 0.556. The molecule has 2 N–H and O–H groups in total. The van der Waals surface area contributed by atoms with E-state index in [9.17, 15) is 0 Å². The van der Waals surface area contributed by atoms with Crippen LogP contribution in [0.5, 0.6) is 0 Å². The molecule has 3 heteroatoms. The monoisotopic (exact) mass is 251 g/mol. The summed E-state index contributed by atoms with van der Waals surface area (Å²) in [5.41, 5.74) is 8.70. The van der Waals surface area contributed by atoms with Gasteiger partial charge < -0.3 is 10.2 Å². The van der Waals surface area contributed by atoms with Crippen LogP contribution in [0, 0.1) is 6.92 Å². The second-order valence-electron chi connectivity index (χ2n) is 3.19. The fourth-order valence-electron chi connectivity index (χ4n) is 1.34. The zero-order chi connectivity index (χ0) is 10.1. The van der Waals surface area contributed by atoms with Crippen molar-refractivity contribution in [1.82, 2.24) is 0 Å². The van der Waals surface area contributed by atoms with Gasteiger partial charge in [-0.3, -0.25) is 0 Å². The Bertz CT molecular complexity index is 462. The summed E-state index contributed by atoms with van der Waals surface area (Å²) >= 11 is 3.27. The van der Waals surface area contributed by atoms with Gasteiger partial charge in [-0.15, -0.1) is 0 Å². The van der Waals surface area contributed by atoms with Gasteiger partial charge in [-0.1, -0.05) is 11.6 Å². The van der Waals surface area contributed by atoms with E-state index < -0.39 is 0 Å². The first-order valence-electron chi connectivity index (χ1n) is 4.28. The first kappa shape index (κ1) is 9.34. The van der Waals surface area contributed by atoms with Gasteiger partial charge in [0.2, 0.25) is 0 Å². The zero-order valence-corrected chi connectivity index (χ0v) is 9.34. The van der Waals surface area contributed by atoms with Crippen LogP contribution >= 0.6 is 15.9 Å². The molecule has 1 heterocycles. The maximum Gasteiger partial charge on any atom is 0.169 e. The molecule has 14 heavy (non-hydrogen) atoms. The minimum absolute atomic E-state index is 0.716. The van der Waals surface area contributed by atoms with Gasteiger partial charge in [0.1, 0.15) is 5.76 Å². The fraction of sp³-hybridized carbons (Fsp3) is 0.0909. The molecule has 0 amide bonds. The number of aryl methyl sites for hydroxylation is 1. The lowest BCUT2D eigenvalue weighted by Gasteiger charge is -2.03. The van der Waals surface area contributed by atoms with Gasteiger partial charge in [-0.2, -0.15) is 0 Å². The molecule has 0 spiro atoms. The van der Waals surface area contributed by atoms with E-state index in [4.69, 9.17) is 10.2 Å². The van der Waals surface area contributed by atoms with E-state index in [1.165, 1.54) is 5.56 Å². The van der Waals surface area contributed by atoms with Gasteiger partial charge in [0.15, 0.2) is 4.67 Å². The van der Waals surface area contributed by atoms with Crippen molar-refractivity contribution < 1.29 is 4.42 Å². The van der Waals surface area contributed by atoms with Gasteiger partial charge in [-0.25, -0.2) is 0 Å². The molecule has 0 unspecified atom stereocenters. The summed E-state index contributed by atoms with van der Waals surface area (Å²) in [5.74, 6) is 0.790. The van der Waals surface area contributed by atoms with E-state index in [0.717, 1.165) is 17.0 Å². The third kappa shape index (κ3) is 1.68. The van der Waals surface area contributed by atoms with E-state index in [-0.39, 0.29) is 0 Å². The molecule has 0 aliphatic heterocycles. The highest BCUT2D eigenvalue weighted by molar-refractivity contribution is 9.10. The van der Waals surface area contributed by atoms with Crippen LogP contribution in [-0.2, 0) is 0 Å². The van der Waals surface area contributed by atoms with E-state index >= 15 is 0 Å². The molecule has 1 aromatic carbocycles. The molecule has 0 radical (unpaired) electrons. The number of nitrogens with two attached hydrogens (primary N) is 1. The van der Waals surface area contributed by atoms with Crippen molar-refractivity contribution in [3.63, 3.8) is 0 Å². The van der Waals surface area contributed by atoms with Crippen LogP contribution in [0.25, 0.3) is 11.3 Å². The highest BCUT2D eigenvalue weighted by Gasteiger charge is 2.06. The number of rotatable bonds is 1. The van der Waals surface area contributed by atoms with Crippen LogP contribution in [-0.4, -0.2) is 0 Å². The van der Waals surface area contributed by atoms with Crippen molar-refractivity contribution in [2.24, 2.45) is 0 Å². The van der Waals surface area contributed by atoms with E-state index in [2.05, 4.69) is 15.9 Å². The van der Waals surface area contributed by atoms with E-state index in [1.807, 2.05) is 37.3 Å². The van der Waals surface area contributed by atoms with Crippen LogP contribution in [0.4, 0.5) is 5.69 Å². The summed E-state index contributed by atoms with van der Waals surface area (Å²) in [6.45, 7) is 2.03. The Morgan fingerprint density at radius 1 is 1.21 bits per heavy atom. The number of halogens is 1. The van der Waals surface area contributed by atoms with Gasteiger partial charge in [0, 0.05) is 11.3 Å². The zero-order valence-electron chi connectivity index (χ0n) is 7.75. The van der Waals surface area contributed by atoms with Crippen LogP contribution < -0.4 is 5.73 Å². The molecule has 0 aliphatic carbocycles. The van der Waals surface area contributed by atoms with Gasteiger partial charge in [0.25, 0.3) is 0 Å². The summed E-state index contributed by atoms with van der Waals surface area (Å²) in [6, 6.07) is 9.64. The third-order valence-corrected chi connectivity index (χ3v) is 2.47. The van der Waals surface area contributed by atoms with Crippen molar-refractivity contribution in [2.75, 3.05) is 5.73 Å². The molecule has 0 fully saturated rings. The predicted octanol–water partition coefficient (Wildman–Crippen LogP) is 3.60. The van der Waals surface area contributed by atoms with Gasteiger partial charge >= 0.3 is 0 Å². The van der Waals surface area contributed by atoms with Crippen molar-refractivity contribution in [1.29, 1.82) is 0 Å². The fourth-order valence-corrected chi connectivity index (χ4v) is 1.65. The van der Waals surface area contributed by atoms with E-state index in [0.29, 0.717) is 4.67 Å². The summed E-state index contributed by atoms with van der Waals surface area (Å²) < 4.78 is 6.16. The SMILES string of the molecule is Cc1ccc(N)c(-c2ccc(Br)o2)c1. The molecule has 0 aliphatic rings. The summed E-state index contributed by atoms with van der Waals surface area (Å²) in [5, 5.41) is 0. The second kappa shape index (κ2) is 3.50. The lowest BCUT2D eigenvalue weighted by Crippen LogP contribution is -1.89. The topological polar surface area (TPSA) is 39.2 Å². The summed E-state index contributed by atoms with van der Waals surface area (Å²) in [7, 11) is 0. The molecule has 0 saturated heterocycles. The first-order valence-corrected chi connectivity index (χ1v) is 5.08. The maximum atomic E-state index is 5.86. The Balaban J connectivity index is 2.55. The average molecular weight is 252 g/mol. The van der Waals surface area contributed by atoms with Crippen LogP contribution in [0.1, 0.15) is 5.56 Å². The first-order chi connectivity index (χ1) is 6.66. The van der Waals surface area contributed by atoms with Crippen LogP contribution in [0.2, 0.25) is 0 Å². The number of furan rings is 1. The molecular weight excluding hydrogens is 242 g/mol. The molecule has 0 atom stereocenters. The Morgan fingerprint density at radius 3 is 2.64 bits per heavy atom. The van der Waals surface area contributed by atoms with Crippen molar-refractivity contribution >= 4 is 21.6 Å². The van der Waals surface area contributed by atoms with Gasteiger partial charge in [-0.05, 0) is 47.1 Å². The Kier molecular flexibility index (Phi) is 2.33. The summed E-state index contributed by atoms with van der Waals surface area (Å²) in [4.78, 5) is 0. The van der Waals surface area contributed by atoms with Crippen molar-refractivity contribution in [3.05, 3.63) is 40.6 Å². The summed E-state index contributed by atoms with van der Waals surface area (Å²) in [6.07, 6.45) is 0. The quantitative estimate of drug-likeness (QED) is 0.787. The Morgan fingerprint density at radius 2 is 2.00 bits per heavy atom. The number of hydrogen-bond acceptors (Lipinski definition) is 2. The normalized spacial score (nSPS) is 10.4. The third-order valence-electron chi connectivity index (χ3n) is 2.05. The molecule has 72 valence electrons. The standard InChI is InChI=1S/C11H10BrNO/c1-7-2-3-9(13)8(6-7)10-4-5-11(12)14-10/h2-6H,13H2,1H3. The van der Waals surface area contributed by atoms with Crippen LogP contribution in [0.15, 0.2) is 39.4 Å². The molecule has 1 aromatic heterocycles.